The van der Waals surface area contributed by atoms with Gasteiger partial charge >= 0.3 is 0 Å². The van der Waals surface area contributed by atoms with E-state index in [1.54, 1.807) is 0 Å². The van der Waals surface area contributed by atoms with Crippen LogP contribution in [0, 0.1) is 6.92 Å². The minimum absolute atomic E-state index is 0.264. The molecule has 19 heavy (non-hydrogen) atoms. The van der Waals surface area contributed by atoms with Crippen LogP contribution < -0.4 is 0 Å². The van der Waals surface area contributed by atoms with Gasteiger partial charge in [-0.2, -0.15) is 0 Å². The Morgan fingerprint density at radius 1 is 1.26 bits per heavy atom. The average Bonchev–Trinajstić information content (AvgIpc) is 2.40. The third kappa shape index (κ3) is 3.44. The molecular weight excluding hydrogens is 236 g/mol. The van der Waals surface area contributed by atoms with Crippen LogP contribution in [0.5, 0.6) is 0 Å². The summed E-state index contributed by atoms with van der Waals surface area (Å²) in [6.45, 7) is 4.67. The van der Waals surface area contributed by atoms with Gasteiger partial charge in [0.25, 0.3) is 0 Å². The highest BCUT2D eigenvalue weighted by atomic mass is 16.5. The molecule has 0 amide bonds. The predicted molar refractivity (Wildman–Crippen MR) is 77.3 cm³/mol. The Hall–Kier alpha value is -1.15. The molecule has 0 bridgehead atoms. The maximum absolute atomic E-state index is 12.7. The lowest BCUT2D eigenvalue weighted by atomic mass is 9.79. The van der Waals surface area contributed by atoms with Crippen LogP contribution in [0.15, 0.2) is 24.3 Å². The molecule has 1 aliphatic rings. The number of carbonyl (C=O) groups excluding carboxylic acids is 1. The van der Waals surface area contributed by atoms with Gasteiger partial charge in [0, 0.05) is 13.0 Å². The molecule has 1 saturated carbocycles. The monoisotopic (exact) mass is 260 g/mol. The van der Waals surface area contributed by atoms with Gasteiger partial charge in [-0.1, -0.05) is 49.1 Å². The van der Waals surface area contributed by atoms with Crippen LogP contribution in [0.4, 0.5) is 0 Å². The van der Waals surface area contributed by atoms with Gasteiger partial charge in [-0.15, -0.1) is 0 Å². The largest absolute Gasteiger partial charge is 0.367 e. The Morgan fingerprint density at radius 2 is 2.00 bits per heavy atom. The number of aryl methyl sites for hydroxylation is 1. The fraction of sp³-hybridized carbons (Fsp3) is 0.588. The number of hydrogen-bond acceptors (Lipinski definition) is 2. The highest BCUT2D eigenvalue weighted by molar-refractivity contribution is 5.89. The van der Waals surface area contributed by atoms with Crippen LogP contribution >= 0.6 is 0 Å². The lowest BCUT2D eigenvalue weighted by Crippen LogP contribution is -2.44. The molecule has 2 rings (SSSR count). The lowest BCUT2D eigenvalue weighted by Gasteiger charge is -2.35. The van der Waals surface area contributed by atoms with Crippen molar-refractivity contribution in [1.82, 2.24) is 0 Å². The normalized spacial score (nSPS) is 18.2. The zero-order chi connectivity index (χ0) is 13.7. The molecule has 2 nitrogen and oxygen atoms in total. The summed E-state index contributed by atoms with van der Waals surface area (Å²) in [7, 11) is 0. The summed E-state index contributed by atoms with van der Waals surface area (Å²) in [5.74, 6) is 0.264. The Balaban J connectivity index is 2.11. The maximum Gasteiger partial charge on any atom is 0.168 e. The first-order chi connectivity index (χ1) is 9.16. The number of ether oxygens (including phenoxy) is 1. The van der Waals surface area contributed by atoms with E-state index < -0.39 is 5.60 Å². The van der Waals surface area contributed by atoms with Gasteiger partial charge in [-0.3, -0.25) is 4.79 Å². The minimum Gasteiger partial charge on any atom is -0.367 e. The Morgan fingerprint density at radius 3 is 2.63 bits per heavy atom. The SMILES string of the molecule is CCOC1(C(=O)Cc2cccc(C)c2)CCCCC1. The highest BCUT2D eigenvalue weighted by Gasteiger charge is 2.39. The summed E-state index contributed by atoms with van der Waals surface area (Å²) in [5.41, 5.74) is 1.81. The number of ketones is 1. The number of hydrogen-bond donors (Lipinski definition) is 0. The lowest BCUT2D eigenvalue weighted by molar-refractivity contribution is -0.148. The predicted octanol–water partition coefficient (Wildman–Crippen LogP) is 3.85. The molecule has 0 heterocycles. The van der Waals surface area contributed by atoms with Crippen molar-refractivity contribution in [1.29, 1.82) is 0 Å². The van der Waals surface area contributed by atoms with E-state index in [-0.39, 0.29) is 5.78 Å². The quantitative estimate of drug-likeness (QED) is 0.804. The first-order valence-electron chi connectivity index (χ1n) is 7.39. The Kier molecular flexibility index (Phi) is 4.76. The van der Waals surface area contributed by atoms with E-state index in [4.69, 9.17) is 4.74 Å². The van der Waals surface area contributed by atoms with Crippen LogP contribution in [0.1, 0.15) is 50.2 Å². The van der Waals surface area contributed by atoms with Crippen LogP contribution in [-0.4, -0.2) is 18.0 Å². The summed E-state index contributed by atoms with van der Waals surface area (Å²) in [5, 5.41) is 0. The molecule has 0 aromatic heterocycles. The van der Waals surface area contributed by atoms with E-state index in [2.05, 4.69) is 19.1 Å². The van der Waals surface area contributed by atoms with E-state index >= 15 is 0 Å². The Bertz CT molecular complexity index is 425. The van der Waals surface area contributed by atoms with Crippen molar-refractivity contribution in [2.75, 3.05) is 6.61 Å². The number of benzene rings is 1. The standard InChI is InChI=1S/C17H24O2/c1-3-19-17(10-5-4-6-11-17)16(18)13-15-9-7-8-14(2)12-15/h7-9,12H,3-6,10-11,13H2,1-2H3. The van der Waals surface area contributed by atoms with Gasteiger partial charge in [0.15, 0.2) is 5.78 Å². The fourth-order valence-corrected chi connectivity index (χ4v) is 3.07. The second-order valence-electron chi connectivity index (χ2n) is 5.58. The maximum atomic E-state index is 12.7. The molecule has 104 valence electrons. The van der Waals surface area contributed by atoms with Gasteiger partial charge in [0.2, 0.25) is 0 Å². The van der Waals surface area contributed by atoms with Crippen LogP contribution in [-0.2, 0) is 16.0 Å². The van der Waals surface area contributed by atoms with Gasteiger partial charge in [0.05, 0.1) is 0 Å². The van der Waals surface area contributed by atoms with Gasteiger partial charge in [0.1, 0.15) is 5.60 Å². The summed E-state index contributed by atoms with van der Waals surface area (Å²) in [4.78, 5) is 12.7. The third-order valence-corrected chi connectivity index (χ3v) is 4.04. The van der Waals surface area contributed by atoms with Crippen molar-refractivity contribution in [2.45, 2.75) is 58.0 Å². The molecule has 0 aliphatic heterocycles. The molecule has 2 heteroatoms. The van der Waals surface area contributed by atoms with E-state index in [1.807, 2.05) is 19.1 Å². The van der Waals surface area contributed by atoms with Crippen LogP contribution in [0.25, 0.3) is 0 Å². The average molecular weight is 260 g/mol. The summed E-state index contributed by atoms with van der Waals surface area (Å²) in [6.07, 6.45) is 5.74. The third-order valence-electron chi connectivity index (χ3n) is 4.04. The van der Waals surface area contributed by atoms with Crippen molar-refractivity contribution >= 4 is 5.78 Å². The molecule has 1 aromatic rings. The first kappa shape index (κ1) is 14.3. The molecule has 1 fully saturated rings. The number of rotatable bonds is 5. The van der Waals surface area contributed by atoms with E-state index in [1.165, 1.54) is 12.0 Å². The second kappa shape index (κ2) is 6.33. The molecule has 0 atom stereocenters. The van der Waals surface area contributed by atoms with Gasteiger partial charge in [-0.05, 0) is 32.3 Å². The van der Waals surface area contributed by atoms with E-state index in [0.717, 1.165) is 31.2 Å². The van der Waals surface area contributed by atoms with Crippen molar-refractivity contribution in [2.24, 2.45) is 0 Å². The van der Waals surface area contributed by atoms with E-state index in [0.29, 0.717) is 13.0 Å². The minimum atomic E-state index is -0.503. The van der Waals surface area contributed by atoms with Crippen LogP contribution in [0.3, 0.4) is 0 Å². The summed E-state index contributed by atoms with van der Waals surface area (Å²) < 4.78 is 5.89. The Labute approximate surface area is 116 Å². The molecule has 0 spiro atoms. The molecule has 0 saturated heterocycles. The molecule has 0 unspecified atom stereocenters. The highest BCUT2D eigenvalue weighted by Crippen LogP contribution is 2.33. The fourth-order valence-electron chi connectivity index (χ4n) is 3.07. The topological polar surface area (TPSA) is 26.3 Å². The molecular formula is C17H24O2. The van der Waals surface area contributed by atoms with Crippen molar-refractivity contribution in [3.63, 3.8) is 0 Å². The van der Waals surface area contributed by atoms with Gasteiger partial charge in [-0.25, -0.2) is 0 Å². The van der Waals surface area contributed by atoms with Gasteiger partial charge < -0.3 is 4.74 Å². The molecule has 1 aromatic carbocycles. The van der Waals surface area contributed by atoms with E-state index in [9.17, 15) is 4.79 Å². The summed E-state index contributed by atoms with van der Waals surface area (Å²) >= 11 is 0. The number of Topliss-reactive ketones (excluding diaryl/α,β-unsaturated/α-hetero) is 1. The number of carbonyl (C=O) groups is 1. The zero-order valence-electron chi connectivity index (χ0n) is 12.1. The van der Waals surface area contributed by atoms with Crippen molar-refractivity contribution < 1.29 is 9.53 Å². The molecule has 0 radical (unpaired) electrons. The van der Waals surface area contributed by atoms with Crippen LogP contribution in [0.2, 0.25) is 0 Å². The molecule has 1 aliphatic carbocycles. The zero-order valence-corrected chi connectivity index (χ0v) is 12.1. The summed E-state index contributed by atoms with van der Waals surface area (Å²) in [6, 6.07) is 8.22. The molecule has 0 N–H and O–H groups in total. The van der Waals surface area contributed by atoms with Crippen molar-refractivity contribution in [3.05, 3.63) is 35.4 Å². The smallest absolute Gasteiger partial charge is 0.168 e. The van der Waals surface area contributed by atoms with Crippen molar-refractivity contribution in [3.8, 4) is 0 Å². The second-order valence-corrected chi connectivity index (χ2v) is 5.58. The first-order valence-corrected chi connectivity index (χ1v) is 7.39.